The highest BCUT2D eigenvalue weighted by Crippen LogP contribution is 2.20. The third-order valence-electron chi connectivity index (χ3n) is 3.25. The van der Waals surface area contributed by atoms with Crippen LogP contribution in [0.5, 0.6) is 0 Å². The summed E-state index contributed by atoms with van der Waals surface area (Å²) in [4.78, 5) is 12.7. The fraction of sp³-hybridized carbons (Fsp3) is 0.900. The van der Waals surface area contributed by atoms with Gasteiger partial charge in [0.05, 0.1) is 6.42 Å². The van der Waals surface area contributed by atoms with Crippen molar-refractivity contribution < 1.29 is 9.90 Å². The number of aliphatic carboxylic acids is 1. The van der Waals surface area contributed by atoms with E-state index in [2.05, 4.69) is 10.2 Å². The van der Waals surface area contributed by atoms with Crippen LogP contribution in [0.4, 0.5) is 0 Å². The number of carboxylic acids is 1. The summed E-state index contributed by atoms with van der Waals surface area (Å²) in [7, 11) is 0. The molecule has 4 heteroatoms. The molecule has 2 saturated heterocycles. The molecule has 14 heavy (non-hydrogen) atoms. The summed E-state index contributed by atoms with van der Waals surface area (Å²) in [5, 5.41) is 12.2. The van der Waals surface area contributed by atoms with Gasteiger partial charge in [-0.2, -0.15) is 0 Å². The van der Waals surface area contributed by atoms with Crippen LogP contribution in [-0.4, -0.2) is 47.7 Å². The second kappa shape index (κ2) is 4.28. The minimum atomic E-state index is -0.688. The van der Waals surface area contributed by atoms with Gasteiger partial charge in [0, 0.05) is 25.2 Å². The van der Waals surface area contributed by atoms with Crippen molar-refractivity contribution in [3.05, 3.63) is 0 Å². The molecule has 2 bridgehead atoms. The van der Waals surface area contributed by atoms with Crippen LogP contribution in [0.3, 0.4) is 0 Å². The summed E-state index contributed by atoms with van der Waals surface area (Å²) < 4.78 is 0. The van der Waals surface area contributed by atoms with Gasteiger partial charge in [0.1, 0.15) is 0 Å². The molecule has 80 valence electrons. The minimum absolute atomic E-state index is 0.275. The third-order valence-corrected chi connectivity index (χ3v) is 3.25. The van der Waals surface area contributed by atoms with Crippen LogP contribution < -0.4 is 5.32 Å². The Balaban J connectivity index is 1.80. The van der Waals surface area contributed by atoms with E-state index >= 15 is 0 Å². The number of fused-ring (bicyclic) bond motifs is 2. The van der Waals surface area contributed by atoms with Crippen LogP contribution in [0.25, 0.3) is 0 Å². The van der Waals surface area contributed by atoms with E-state index in [1.165, 1.54) is 19.3 Å². The first-order valence-corrected chi connectivity index (χ1v) is 5.44. The standard InChI is InChI=1S/C10H18N2O2/c13-10(14)4-6-12-5-3-8-1-2-9(7-12)11-8/h8-9,11H,1-7H2,(H,13,14). The van der Waals surface area contributed by atoms with Crippen LogP contribution >= 0.6 is 0 Å². The van der Waals surface area contributed by atoms with Crippen molar-refractivity contribution in [2.75, 3.05) is 19.6 Å². The smallest absolute Gasteiger partial charge is 0.304 e. The molecule has 2 aliphatic heterocycles. The summed E-state index contributed by atoms with van der Waals surface area (Å²) in [6.45, 7) is 2.80. The molecule has 2 atom stereocenters. The van der Waals surface area contributed by atoms with Gasteiger partial charge in [-0.05, 0) is 25.8 Å². The predicted molar refractivity (Wildman–Crippen MR) is 53.3 cm³/mol. The number of likely N-dealkylation sites (tertiary alicyclic amines) is 1. The van der Waals surface area contributed by atoms with Crippen molar-refractivity contribution in [2.24, 2.45) is 0 Å². The number of carboxylic acid groups (broad SMARTS) is 1. The van der Waals surface area contributed by atoms with E-state index in [-0.39, 0.29) is 6.42 Å². The van der Waals surface area contributed by atoms with Crippen molar-refractivity contribution >= 4 is 5.97 Å². The van der Waals surface area contributed by atoms with Crippen molar-refractivity contribution in [1.29, 1.82) is 0 Å². The number of hydrogen-bond donors (Lipinski definition) is 2. The first-order chi connectivity index (χ1) is 6.74. The molecule has 2 fully saturated rings. The molecule has 0 aromatic carbocycles. The monoisotopic (exact) mass is 198 g/mol. The van der Waals surface area contributed by atoms with E-state index < -0.39 is 5.97 Å². The maximum absolute atomic E-state index is 10.4. The average Bonchev–Trinajstić information content (AvgIpc) is 2.44. The zero-order chi connectivity index (χ0) is 9.97. The summed E-state index contributed by atoms with van der Waals surface area (Å²) in [6, 6.07) is 1.30. The van der Waals surface area contributed by atoms with E-state index in [0.29, 0.717) is 18.6 Å². The van der Waals surface area contributed by atoms with Crippen LogP contribution in [0, 0.1) is 0 Å². The summed E-state index contributed by atoms with van der Waals surface area (Å²) in [5.74, 6) is -0.688. The second-order valence-corrected chi connectivity index (χ2v) is 4.37. The summed E-state index contributed by atoms with van der Waals surface area (Å²) in [5.41, 5.74) is 0. The highest BCUT2D eigenvalue weighted by Gasteiger charge is 2.28. The molecule has 0 radical (unpaired) electrons. The molecule has 2 N–H and O–H groups in total. The Hall–Kier alpha value is -0.610. The lowest BCUT2D eigenvalue weighted by Gasteiger charge is -2.22. The number of carbonyl (C=O) groups is 1. The van der Waals surface area contributed by atoms with E-state index in [1.54, 1.807) is 0 Å². The van der Waals surface area contributed by atoms with Gasteiger partial charge < -0.3 is 15.3 Å². The normalized spacial score (nSPS) is 32.9. The lowest BCUT2D eigenvalue weighted by Crippen LogP contribution is -2.36. The zero-order valence-corrected chi connectivity index (χ0v) is 8.41. The fourth-order valence-corrected chi connectivity index (χ4v) is 2.47. The van der Waals surface area contributed by atoms with Gasteiger partial charge >= 0.3 is 5.97 Å². The maximum atomic E-state index is 10.4. The fourth-order valence-electron chi connectivity index (χ4n) is 2.47. The number of hydrogen-bond acceptors (Lipinski definition) is 3. The molecule has 2 aliphatic rings. The predicted octanol–water partition coefficient (Wildman–Crippen LogP) is 0.287. The Morgan fingerprint density at radius 3 is 2.93 bits per heavy atom. The Labute approximate surface area is 84.3 Å². The summed E-state index contributed by atoms with van der Waals surface area (Å²) in [6.07, 6.45) is 4.01. The molecule has 2 rings (SSSR count). The lowest BCUT2D eigenvalue weighted by atomic mass is 10.1. The van der Waals surface area contributed by atoms with Crippen molar-refractivity contribution in [3.8, 4) is 0 Å². The van der Waals surface area contributed by atoms with Crippen LogP contribution in [-0.2, 0) is 4.79 Å². The Morgan fingerprint density at radius 2 is 2.14 bits per heavy atom. The van der Waals surface area contributed by atoms with E-state index in [4.69, 9.17) is 5.11 Å². The molecular formula is C10H18N2O2. The Morgan fingerprint density at radius 1 is 1.36 bits per heavy atom. The third kappa shape index (κ3) is 2.45. The van der Waals surface area contributed by atoms with Gasteiger partial charge in [0.2, 0.25) is 0 Å². The van der Waals surface area contributed by atoms with Crippen molar-refractivity contribution in [3.63, 3.8) is 0 Å². The molecule has 0 saturated carbocycles. The topological polar surface area (TPSA) is 52.6 Å². The van der Waals surface area contributed by atoms with Gasteiger partial charge in [0.15, 0.2) is 0 Å². The van der Waals surface area contributed by atoms with Gasteiger partial charge in [0.25, 0.3) is 0 Å². The SMILES string of the molecule is O=C(O)CCN1CCC2CCC(C1)N2. The van der Waals surface area contributed by atoms with E-state index in [9.17, 15) is 4.79 Å². The maximum Gasteiger partial charge on any atom is 0.304 e. The quantitative estimate of drug-likeness (QED) is 0.684. The number of rotatable bonds is 3. The molecular weight excluding hydrogens is 180 g/mol. The highest BCUT2D eigenvalue weighted by molar-refractivity contribution is 5.66. The Kier molecular flexibility index (Phi) is 3.03. The molecule has 0 aromatic rings. The number of nitrogens with zero attached hydrogens (tertiary/aromatic N) is 1. The zero-order valence-electron chi connectivity index (χ0n) is 8.41. The first kappa shape index (κ1) is 9.93. The summed E-state index contributed by atoms with van der Waals surface area (Å²) >= 11 is 0. The lowest BCUT2D eigenvalue weighted by molar-refractivity contribution is -0.137. The highest BCUT2D eigenvalue weighted by atomic mass is 16.4. The molecule has 0 aliphatic carbocycles. The Bertz CT molecular complexity index is 220. The largest absolute Gasteiger partial charge is 0.481 e. The molecule has 4 nitrogen and oxygen atoms in total. The molecule has 2 unspecified atom stereocenters. The first-order valence-electron chi connectivity index (χ1n) is 5.44. The van der Waals surface area contributed by atoms with Gasteiger partial charge in [-0.1, -0.05) is 0 Å². The van der Waals surface area contributed by atoms with Crippen LogP contribution in [0.15, 0.2) is 0 Å². The molecule has 0 spiro atoms. The van der Waals surface area contributed by atoms with Crippen LogP contribution in [0.1, 0.15) is 25.7 Å². The van der Waals surface area contributed by atoms with Crippen LogP contribution in [0.2, 0.25) is 0 Å². The minimum Gasteiger partial charge on any atom is -0.481 e. The van der Waals surface area contributed by atoms with Crippen molar-refractivity contribution in [2.45, 2.75) is 37.8 Å². The van der Waals surface area contributed by atoms with E-state index in [1.807, 2.05) is 0 Å². The molecule has 0 amide bonds. The van der Waals surface area contributed by atoms with Crippen molar-refractivity contribution in [1.82, 2.24) is 10.2 Å². The second-order valence-electron chi connectivity index (χ2n) is 4.37. The van der Waals surface area contributed by atoms with Gasteiger partial charge in [-0.3, -0.25) is 4.79 Å². The molecule has 0 aromatic heterocycles. The van der Waals surface area contributed by atoms with E-state index in [0.717, 1.165) is 13.1 Å². The number of nitrogens with one attached hydrogen (secondary N) is 1. The van der Waals surface area contributed by atoms with Gasteiger partial charge in [-0.15, -0.1) is 0 Å². The molecule has 2 heterocycles. The average molecular weight is 198 g/mol. The van der Waals surface area contributed by atoms with Gasteiger partial charge in [-0.25, -0.2) is 0 Å².